The van der Waals surface area contributed by atoms with Crippen molar-refractivity contribution in [2.75, 3.05) is 23.7 Å². The maximum absolute atomic E-state index is 14.2. The van der Waals surface area contributed by atoms with Gasteiger partial charge in [-0.05, 0) is 57.2 Å². The Hall–Kier alpha value is -4.25. The molecule has 0 bridgehead atoms. The lowest BCUT2D eigenvalue weighted by Crippen LogP contribution is -2.44. The highest BCUT2D eigenvalue weighted by Gasteiger charge is 2.29. The fourth-order valence-corrected chi connectivity index (χ4v) is 4.06. The van der Waals surface area contributed by atoms with Gasteiger partial charge < -0.3 is 25.0 Å². The molecule has 3 aromatic rings. The Morgan fingerprint density at radius 3 is 2.45 bits per heavy atom. The summed E-state index contributed by atoms with van der Waals surface area (Å²) >= 11 is 5.84. The average molecular weight is 570 g/mol. The normalized spacial score (nSPS) is 13.9. The van der Waals surface area contributed by atoms with Gasteiger partial charge in [-0.25, -0.2) is 19.2 Å². The minimum absolute atomic E-state index is 0.0494. The summed E-state index contributed by atoms with van der Waals surface area (Å²) in [6, 6.07) is 9.78. The quantitative estimate of drug-likeness (QED) is 0.399. The van der Waals surface area contributed by atoms with Crippen molar-refractivity contribution >= 4 is 41.0 Å². The Labute approximate surface area is 235 Å². The van der Waals surface area contributed by atoms with E-state index in [0.29, 0.717) is 31.0 Å². The van der Waals surface area contributed by atoms with Crippen molar-refractivity contribution in [1.82, 2.24) is 14.9 Å². The van der Waals surface area contributed by atoms with Gasteiger partial charge in [0.1, 0.15) is 29.1 Å². The van der Waals surface area contributed by atoms with Gasteiger partial charge in [-0.2, -0.15) is 0 Å². The fraction of sp³-hybridized carbons (Fsp3) is 0.321. The van der Waals surface area contributed by atoms with Crippen LogP contribution in [-0.2, 0) is 4.74 Å². The van der Waals surface area contributed by atoms with Crippen LogP contribution in [0.4, 0.5) is 20.7 Å². The Morgan fingerprint density at radius 2 is 1.77 bits per heavy atom. The SMILES string of the molecule is CC(C)(C)OC(=O)N1CCC(Oc2cc(F)ccc2C(=O)Nc2cccnc2C(=O)Nc2ccc(Cl)cn2)CC1. The molecule has 0 spiro atoms. The minimum Gasteiger partial charge on any atom is -0.489 e. The molecular formula is C28H29ClFN5O5. The van der Waals surface area contributed by atoms with E-state index in [1.807, 2.05) is 0 Å². The highest BCUT2D eigenvalue weighted by molar-refractivity contribution is 6.30. The molecule has 3 heterocycles. The van der Waals surface area contributed by atoms with Crippen molar-refractivity contribution < 1.29 is 28.2 Å². The number of carbonyl (C=O) groups is 3. The molecule has 40 heavy (non-hydrogen) atoms. The smallest absolute Gasteiger partial charge is 0.410 e. The molecule has 3 amide bonds. The van der Waals surface area contributed by atoms with Crippen molar-refractivity contribution in [3.8, 4) is 5.75 Å². The number of hydrogen-bond acceptors (Lipinski definition) is 7. The summed E-state index contributed by atoms with van der Waals surface area (Å²) in [5, 5.41) is 5.68. The first-order valence-electron chi connectivity index (χ1n) is 12.6. The summed E-state index contributed by atoms with van der Waals surface area (Å²) in [7, 11) is 0. The van der Waals surface area contributed by atoms with Crippen LogP contribution in [0.5, 0.6) is 5.75 Å². The molecule has 1 fully saturated rings. The molecule has 0 unspecified atom stereocenters. The number of halogens is 2. The van der Waals surface area contributed by atoms with Gasteiger partial charge in [-0.3, -0.25) is 9.59 Å². The third-order valence-electron chi connectivity index (χ3n) is 5.82. The summed E-state index contributed by atoms with van der Waals surface area (Å²) in [6.45, 7) is 6.19. The maximum Gasteiger partial charge on any atom is 0.410 e. The second kappa shape index (κ2) is 12.3. The van der Waals surface area contributed by atoms with Crippen LogP contribution in [0, 0.1) is 5.82 Å². The molecule has 0 aliphatic carbocycles. The molecule has 1 aromatic carbocycles. The van der Waals surface area contributed by atoms with Gasteiger partial charge in [0.15, 0.2) is 5.69 Å². The molecule has 1 aliphatic rings. The number of nitrogens with zero attached hydrogens (tertiary/aromatic N) is 3. The Morgan fingerprint density at radius 1 is 1.02 bits per heavy atom. The number of benzene rings is 1. The van der Waals surface area contributed by atoms with Crippen LogP contribution in [0.3, 0.4) is 0 Å². The molecule has 2 aromatic heterocycles. The number of pyridine rings is 2. The van der Waals surface area contributed by atoms with E-state index >= 15 is 0 Å². The lowest BCUT2D eigenvalue weighted by molar-refractivity contribution is 0.0126. The van der Waals surface area contributed by atoms with E-state index in [-0.39, 0.29) is 34.6 Å². The largest absolute Gasteiger partial charge is 0.489 e. The molecular weight excluding hydrogens is 541 g/mol. The molecule has 0 saturated carbocycles. The van der Waals surface area contributed by atoms with Gasteiger partial charge in [0.2, 0.25) is 0 Å². The highest BCUT2D eigenvalue weighted by atomic mass is 35.5. The standard InChI is InChI=1S/C28H29ClFN5O5/c1-28(2,3)40-27(38)35-13-10-19(11-14-35)39-22-15-18(30)7-8-20(22)25(36)33-21-5-4-12-31-24(21)26(37)34-23-9-6-17(29)16-32-23/h4-9,12,15-16,19H,10-11,13-14H2,1-3H3,(H,33,36)(H,32,34,37). The van der Waals surface area contributed by atoms with E-state index in [2.05, 4.69) is 20.6 Å². The Balaban J connectivity index is 1.44. The molecule has 0 atom stereocenters. The predicted octanol–water partition coefficient (Wildman–Crippen LogP) is 5.55. The number of carbonyl (C=O) groups excluding carboxylic acids is 3. The highest BCUT2D eigenvalue weighted by Crippen LogP contribution is 2.27. The first-order chi connectivity index (χ1) is 19.0. The van der Waals surface area contributed by atoms with Gasteiger partial charge in [0, 0.05) is 44.4 Å². The second-order valence-electron chi connectivity index (χ2n) is 10.1. The first-order valence-corrected chi connectivity index (χ1v) is 13.0. The lowest BCUT2D eigenvalue weighted by Gasteiger charge is -2.33. The zero-order chi connectivity index (χ0) is 28.9. The van der Waals surface area contributed by atoms with Crippen LogP contribution < -0.4 is 15.4 Å². The van der Waals surface area contributed by atoms with E-state index in [1.165, 1.54) is 30.6 Å². The van der Waals surface area contributed by atoms with Crippen LogP contribution in [0.25, 0.3) is 0 Å². The summed E-state index contributed by atoms with van der Waals surface area (Å²) in [4.78, 5) is 48.2. The van der Waals surface area contributed by atoms with E-state index in [0.717, 1.165) is 12.1 Å². The molecule has 10 nitrogen and oxygen atoms in total. The van der Waals surface area contributed by atoms with Gasteiger partial charge >= 0.3 is 6.09 Å². The van der Waals surface area contributed by atoms with Crippen molar-refractivity contribution in [2.24, 2.45) is 0 Å². The fourth-order valence-electron chi connectivity index (χ4n) is 3.95. The van der Waals surface area contributed by atoms with E-state index < -0.39 is 29.3 Å². The Kier molecular flexibility index (Phi) is 8.83. The summed E-state index contributed by atoms with van der Waals surface area (Å²) in [5.41, 5.74) is -0.437. The lowest BCUT2D eigenvalue weighted by atomic mass is 10.1. The number of piperidine rings is 1. The first kappa shape index (κ1) is 28.8. The Bertz CT molecular complexity index is 1390. The third kappa shape index (κ3) is 7.66. The molecule has 0 radical (unpaired) electrons. The van der Waals surface area contributed by atoms with Gasteiger partial charge in [-0.15, -0.1) is 0 Å². The van der Waals surface area contributed by atoms with Crippen LogP contribution in [0.1, 0.15) is 54.5 Å². The zero-order valence-electron chi connectivity index (χ0n) is 22.2. The van der Waals surface area contributed by atoms with E-state index in [9.17, 15) is 18.8 Å². The van der Waals surface area contributed by atoms with Crippen molar-refractivity contribution in [3.05, 3.63) is 77.0 Å². The number of rotatable bonds is 6. The number of aromatic nitrogens is 2. The monoisotopic (exact) mass is 569 g/mol. The van der Waals surface area contributed by atoms with Crippen LogP contribution in [-0.4, -0.2) is 57.6 Å². The topological polar surface area (TPSA) is 123 Å². The van der Waals surface area contributed by atoms with E-state index in [1.54, 1.807) is 37.8 Å². The molecule has 4 rings (SSSR count). The zero-order valence-corrected chi connectivity index (χ0v) is 23.0. The molecule has 12 heteroatoms. The van der Waals surface area contributed by atoms with Gasteiger partial charge in [0.05, 0.1) is 16.3 Å². The molecule has 210 valence electrons. The summed E-state index contributed by atoms with van der Waals surface area (Å²) < 4.78 is 25.6. The number of likely N-dealkylation sites (tertiary alicyclic amines) is 1. The van der Waals surface area contributed by atoms with Crippen LogP contribution >= 0.6 is 11.6 Å². The maximum atomic E-state index is 14.2. The van der Waals surface area contributed by atoms with Crippen molar-refractivity contribution in [3.63, 3.8) is 0 Å². The summed E-state index contributed by atoms with van der Waals surface area (Å²) in [6.07, 6.45) is 3.00. The van der Waals surface area contributed by atoms with Crippen LogP contribution in [0.15, 0.2) is 54.9 Å². The van der Waals surface area contributed by atoms with E-state index in [4.69, 9.17) is 21.1 Å². The van der Waals surface area contributed by atoms with Crippen molar-refractivity contribution in [2.45, 2.75) is 45.3 Å². The predicted molar refractivity (Wildman–Crippen MR) is 147 cm³/mol. The number of ether oxygens (including phenoxy) is 2. The van der Waals surface area contributed by atoms with Crippen LogP contribution in [0.2, 0.25) is 5.02 Å². The number of nitrogens with one attached hydrogen (secondary N) is 2. The second-order valence-corrected chi connectivity index (χ2v) is 10.5. The third-order valence-corrected chi connectivity index (χ3v) is 6.04. The average Bonchev–Trinajstić information content (AvgIpc) is 2.90. The number of anilines is 2. The molecule has 2 N–H and O–H groups in total. The minimum atomic E-state index is -0.618. The van der Waals surface area contributed by atoms with Crippen molar-refractivity contribution in [1.29, 1.82) is 0 Å². The number of amides is 3. The van der Waals surface area contributed by atoms with Gasteiger partial charge in [-0.1, -0.05) is 11.6 Å². The molecule has 1 saturated heterocycles. The van der Waals surface area contributed by atoms with Gasteiger partial charge in [0.25, 0.3) is 11.8 Å². The summed E-state index contributed by atoms with van der Waals surface area (Å²) in [5.74, 6) is -1.49. The number of hydrogen-bond donors (Lipinski definition) is 2. The molecule has 1 aliphatic heterocycles.